The predicted octanol–water partition coefficient (Wildman–Crippen LogP) is 1.77. The first-order chi connectivity index (χ1) is 18.9. The lowest BCUT2D eigenvalue weighted by Gasteiger charge is -2.28. The molecule has 0 radical (unpaired) electrons. The molecule has 204 valence electrons. The van der Waals surface area contributed by atoms with Gasteiger partial charge in [0.25, 0.3) is 5.91 Å². The maximum atomic E-state index is 13.7. The summed E-state index contributed by atoms with van der Waals surface area (Å²) in [6, 6.07) is 15.1. The third-order valence-corrected chi connectivity index (χ3v) is 7.42. The highest BCUT2D eigenvalue weighted by atomic mass is 16.3. The molecule has 2 aromatic carbocycles. The van der Waals surface area contributed by atoms with Crippen molar-refractivity contribution in [1.29, 1.82) is 0 Å². The zero-order chi connectivity index (χ0) is 27.4. The van der Waals surface area contributed by atoms with Crippen molar-refractivity contribution in [1.82, 2.24) is 20.3 Å². The Morgan fingerprint density at radius 2 is 1.95 bits per heavy atom. The highest BCUT2D eigenvalue weighted by molar-refractivity contribution is 6.07. The van der Waals surface area contributed by atoms with Gasteiger partial charge < -0.3 is 25.3 Å². The molecule has 3 heterocycles. The van der Waals surface area contributed by atoms with Crippen molar-refractivity contribution >= 4 is 23.2 Å². The standard InChI is InChI=1S/C29H34N6O4/c1-21(6-4-5-15-33-20-23(13-17-36)31-32-33)29(39)25-7-2-3-8-26(25)35(28(29)38)19-22-9-11-24(12-10-22)34-16-14-30-18-27(34)37/h2-4,6-12,20-21,30,36,39H,5,13-19H2,1H3/b6-4+/t21-,29+/m0/s1. The summed E-state index contributed by atoms with van der Waals surface area (Å²) in [6.45, 7) is 4.51. The number of nitrogens with one attached hydrogen (secondary N) is 1. The van der Waals surface area contributed by atoms with Gasteiger partial charge in [0.05, 0.1) is 24.5 Å². The molecule has 1 aromatic heterocycles. The number of para-hydroxylation sites is 1. The Hall–Kier alpha value is -3.86. The van der Waals surface area contributed by atoms with Crippen LogP contribution in [0.1, 0.15) is 30.2 Å². The Labute approximate surface area is 227 Å². The molecular formula is C29H34N6O4. The highest BCUT2D eigenvalue weighted by Crippen LogP contribution is 2.45. The maximum Gasteiger partial charge on any atom is 0.264 e. The fourth-order valence-electron chi connectivity index (χ4n) is 5.23. The van der Waals surface area contributed by atoms with Crippen LogP contribution in [-0.2, 0) is 34.7 Å². The first kappa shape index (κ1) is 26.7. The first-order valence-electron chi connectivity index (χ1n) is 13.3. The van der Waals surface area contributed by atoms with E-state index >= 15 is 0 Å². The number of nitrogens with zero attached hydrogens (tertiary/aromatic N) is 5. The van der Waals surface area contributed by atoms with Gasteiger partial charge in [-0.05, 0) is 30.2 Å². The number of aliphatic hydroxyl groups excluding tert-OH is 1. The van der Waals surface area contributed by atoms with Crippen LogP contribution in [-0.4, -0.2) is 63.3 Å². The molecular weight excluding hydrogens is 496 g/mol. The second-order valence-electron chi connectivity index (χ2n) is 10.0. The van der Waals surface area contributed by atoms with Crippen molar-refractivity contribution in [3.63, 3.8) is 0 Å². The van der Waals surface area contributed by atoms with E-state index in [1.807, 2.05) is 73.8 Å². The normalized spacial score (nSPS) is 20.2. The van der Waals surface area contributed by atoms with Crippen LogP contribution in [0.15, 0.2) is 66.9 Å². The predicted molar refractivity (Wildman–Crippen MR) is 147 cm³/mol. The minimum absolute atomic E-state index is 0.0318. The van der Waals surface area contributed by atoms with Crippen molar-refractivity contribution < 1.29 is 19.8 Å². The summed E-state index contributed by atoms with van der Waals surface area (Å²) in [5, 5.41) is 32.0. The van der Waals surface area contributed by atoms with Crippen LogP contribution in [0.25, 0.3) is 0 Å². The van der Waals surface area contributed by atoms with E-state index in [0.717, 1.165) is 23.5 Å². The van der Waals surface area contributed by atoms with Gasteiger partial charge in [0.15, 0.2) is 5.60 Å². The molecule has 3 N–H and O–H groups in total. The largest absolute Gasteiger partial charge is 0.396 e. The fourth-order valence-corrected chi connectivity index (χ4v) is 5.23. The quantitative estimate of drug-likeness (QED) is 0.341. The van der Waals surface area contributed by atoms with Crippen molar-refractivity contribution in [3.8, 4) is 0 Å². The van der Waals surface area contributed by atoms with Crippen molar-refractivity contribution in [3.05, 3.63) is 83.7 Å². The Kier molecular flexibility index (Phi) is 7.87. The average molecular weight is 531 g/mol. The molecule has 10 heteroatoms. The number of benzene rings is 2. The zero-order valence-corrected chi connectivity index (χ0v) is 22.0. The Balaban J connectivity index is 1.28. The fraction of sp³-hybridized carbons (Fsp3) is 0.379. The number of carbonyl (C=O) groups excluding carboxylic acids is 2. The molecule has 1 fully saturated rings. The number of allylic oxidation sites excluding steroid dienone is 1. The van der Waals surface area contributed by atoms with Gasteiger partial charge in [-0.1, -0.05) is 54.6 Å². The van der Waals surface area contributed by atoms with Gasteiger partial charge in [-0.2, -0.15) is 0 Å². The highest BCUT2D eigenvalue weighted by Gasteiger charge is 2.52. The summed E-state index contributed by atoms with van der Waals surface area (Å²) in [7, 11) is 0. The van der Waals surface area contributed by atoms with E-state index in [1.54, 1.807) is 14.5 Å². The number of amides is 2. The third-order valence-electron chi connectivity index (χ3n) is 7.42. The number of piperazine rings is 1. The van der Waals surface area contributed by atoms with Gasteiger partial charge in [0.2, 0.25) is 5.91 Å². The molecule has 0 aliphatic carbocycles. The van der Waals surface area contributed by atoms with Crippen LogP contribution in [0.3, 0.4) is 0 Å². The smallest absolute Gasteiger partial charge is 0.264 e. The van der Waals surface area contributed by atoms with E-state index in [9.17, 15) is 14.7 Å². The molecule has 0 saturated carbocycles. The van der Waals surface area contributed by atoms with Crippen LogP contribution >= 0.6 is 0 Å². The van der Waals surface area contributed by atoms with E-state index in [4.69, 9.17) is 5.11 Å². The van der Waals surface area contributed by atoms with Crippen LogP contribution in [0.5, 0.6) is 0 Å². The minimum Gasteiger partial charge on any atom is -0.396 e. The topological polar surface area (TPSA) is 124 Å². The van der Waals surface area contributed by atoms with E-state index in [1.165, 1.54) is 0 Å². The first-order valence-corrected chi connectivity index (χ1v) is 13.3. The molecule has 2 aliphatic rings. The van der Waals surface area contributed by atoms with Crippen molar-refractivity contribution in [2.75, 3.05) is 36.0 Å². The van der Waals surface area contributed by atoms with E-state index in [-0.39, 0.29) is 18.4 Å². The molecule has 0 unspecified atom stereocenters. The molecule has 0 spiro atoms. The second kappa shape index (κ2) is 11.5. The molecule has 2 aliphatic heterocycles. The monoisotopic (exact) mass is 530 g/mol. The van der Waals surface area contributed by atoms with E-state index in [2.05, 4.69) is 15.6 Å². The third kappa shape index (κ3) is 5.36. The molecule has 2 atom stereocenters. The Bertz CT molecular complexity index is 1350. The summed E-state index contributed by atoms with van der Waals surface area (Å²) in [6.07, 6.45) is 6.76. The lowest BCUT2D eigenvalue weighted by molar-refractivity contribution is -0.139. The summed E-state index contributed by atoms with van der Waals surface area (Å²) in [5.41, 5.74) is 2.10. The summed E-state index contributed by atoms with van der Waals surface area (Å²) in [4.78, 5) is 29.4. The zero-order valence-electron chi connectivity index (χ0n) is 22.0. The number of carbonyl (C=O) groups is 2. The lowest BCUT2D eigenvalue weighted by Crippen LogP contribution is -2.48. The van der Waals surface area contributed by atoms with Crippen LogP contribution in [0.2, 0.25) is 0 Å². The number of hydrogen-bond acceptors (Lipinski definition) is 7. The number of fused-ring (bicyclic) bond motifs is 1. The van der Waals surface area contributed by atoms with Gasteiger partial charge in [-0.15, -0.1) is 5.10 Å². The van der Waals surface area contributed by atoms with Gasteiger partial charge in [-0.3, -0.25) is 14.3 Å². The van der Waals surface area contributed by atoms with Crippen molar-refractivity contribution in [2.24, 2.45) is 5.92 Å². The molecule has 2 amide bonds. The molecule has 3 aromatic rings. The number of anilines is 2. The molecule has 10 nitrogen and oxygen atoms in total. The number of hydrogen-bond donors (Lipinski definition) is 3. The molecule has 5 rings (SSSR count). The van der Waals surface area contributed by atoms with Gasteiger partial charge in [-0.25, -0.2) is 0 Å². The summed E-state index contributed by atoms with van der Waals surface area (Å²) < 4.78 is 1.72. The lowest BCUT2D eigenvalue weighted by atomic mass is 9.83. The molecule has 39 heavy (non-hydrogen) atoms. The van der Waals surface area contributed by atoms with E-state index < -0.39 is 11.5 Å². The number of aryl methyl sites for hydroxylation is 1. The van der Waals surface area contributed by atoms with Crippen LogP contribution in [0, 0.1) is 5.92 Å². The van der Waals surface area contributed by atoms with Crippen LogP contribution < -0.4 is 15.1 Å². The SMILES string of the molecule is C[C@@H](/C=C/CCn1cc(CCO)nn1)[C@]1(O)C(=O)N(Cc2ccc(N3CCNCC3=O)cc2)c2ccccc21. The second-order valence-corrected chi connectivity index (χ2v) is 10.0. The molecule has 1 saturated heterocycles. The Morgan fingerprint density at radius 3 is 2.72 bits per heavy atom. The maximum absolute atomic E-state index is 13.7. The number of aliphatic hydroxyl groups is 2. The minimum atomic E-state index is -1.68. The summed E-state index contributed by atoms with van der Waals surface area (Å²) >= 11 is 0. The van der Waals surface area contributed by atoms with E-state index in [0.29, 0.717) is 50.3 Å². The molecule has 0 bridgehead atoms. The van der Waals surface area contributed by atoms with Gasteiger partial charge in [0.1, 0.15) is 0 Å². The average Bonchev–Trinajstić information content (AvgIpc) is 3.49. The van der Waals surface area contributed by atoms with Gasteiger partial charge in [0, 0.05) is 56.0 Å². The van der Waals surface area contributed by atoms with Gasteiger partial charge >= 0.3 is 0 Å². The van der Waals surface area contributed by atoms with Crippen LogP contribution in [0.4, 0.5) is 11.4 Å². The van der Waals surface area contributed by atoms with Crippen molar-refractivity contribution in [2.45, 2.75) is 38.5 Å². The Morgan fingerprint density at radius 1 is 1.15 bits per heavy atom. The number of aromatic nitrogens is 3. The number of rotatable bonds is 10. The summed E-state index contributed by atoms with van der Waals surface area (Å²) in [5.74, 6) is -0.775.